The Labute approximate surface area is 96.4 Å². The molecule has 1 saturated heterocycles. The van der Waals surface area contributed by atoms with Gasteiger partial charge < -0.3 is 19.5 Å². The molecule has 1 rings (SSSR count). The molecule has 0 spiro atoms. The van der Waals surface area contributed by atoms with E-state index in [2.05, 4.69) is 10.1 Å². The highest BCUT2D eigenvalue weighted by atomic mass is 16.5. The molecule has 5 nitrogen and oxygen atoms in total. The molecule has 1 N–H and O–H groups in total. The Hall–Kier alpha value is -0.650. The first-order valence-electron chi connectivity index (χ1n) is 5.78. The van der Waals surface area contributed by atoms with E-state index in [1.807, 2.05) is 0 Å². The summed E-state index contributed by atoms with van der Waals surface area (Å²) in [5.41, 5.74) is 0. The molecule has 0 bridgehead atoms. The van der Waals surface area contributed by atoms with E-state index in [4.69, 9.17) is 9.47 Å². The quantitative estimate of drug-likeness (QED) is 0.612. The van der Waals surface area contributed by atoms with E-state index in [1.54, 1.807) is 0 Å². The summed E-state index contributed by atoms with van der Waals surface area (Å²) in [7, 11) is 1.50. The van der Waals surface area contributed by atoms with Gasteiger partial charge in [-0.1, -0.05) is 0 Å². The third-order valence-corrected chi connectivity index (χ3v) is 2.39. The lowest BCUT2D eigenvalue weighted by molar-refractivity contribution is -0.124. The van der Waals surface area contributed by atoms with Crippen LogP contribution in [0, 0.1) is 0 Å². The molecule has 0 saturated carbocycles. The smallest absolute Gasteiger partial charge is 0.245 e. The first-order chi connectivity index (χ1) is 7.83. The van der Waals surface area contributed by atoms with E-state index < -0.39 is 0 Å². The summed E-state index contributed by atoms with van der Waals surface area (Å²) < 4.78 is 15.6. The van der Waals surface area contributed by atoms with Gasteiger partial charge in [0, 0.05) is 26.9 Å². The van der Waals surface area contributed by atoms with Crippen molar-refractivity contribution < 1.29 is 19.0 Å². The zero-order valence-corrected chi connectivity index (χ0v) is 9.87. The molecule has 0 aliphatic carbocycles. The molecule has 1 amide bonds. The monoisotopic (exact) mass is 231 g/mol. The number of carbonyl (C=O) groups excluding carboxylic acids is 1. The van der Waals surface area contributed by atoms with Crippen LogP contribution in [0.25, 0.3) is 0 Å². The minimum Gasteiger partial charge on any atom is -0.379 e. The first kappa shape index (κ1) is 13.4. The predicted molar refractivity (Wildman–Crippen MR) is 59.3 cm³/mol. The number of carbonyl (C=O) groups is 1. The van der Waals surface area contributed by atoms with Crippen molar-refractivity contribution in [1.29, 1.82) is 0 Å². The van der Waals surface area contributed by atoms with Gasteiger partial charge >= 0.3 is 0 Å². The minimum atomic E-state index is -0.0818. The molecule has 0 aromatic heterocycles. The van der Waals surface area contributed by atoms with Gasteiger partial charge in [-0.25, -0.2) is 0 Å². The number of hydrogen-bond acceptors (Lipinski definition) is 4. The Kier molecular flexibility index (Phi) is 7.12. The lowest BCUT2D eigenvalue weighted by Crippen LogP contribution is -2.28. The molecule has 1 aliphatic heterocycles. The molecule has 1 atom stereocenters. The fourth-order valence-electron chi connectivity index (χ4n) is 1.57. The van der Waals surface area contributed by atoms with E-state index >= 15 is 0 Å². The van der Waals surface area contributed by atoms with Crippen LogP contribution < -0.4 is 5.32 Å². The van der Waals surface area contributed by atoms with Crippen molar-refractivity contribution in [3.63, 3.8) is 0 Å². The molecule has 16 heavy (non-hydrogen) atoms. The average molecular weight is 231 g/mol. The van der Waals surface area contributed by atoms with Crippen LogP contribution in [0.1, 0.15) is 19.3 Å². The number of nitrogens with one attached hydrogen (secondary N) is 1. The third kappa shape index (κ3) is 6.05. The fourth-order valence-corrected chi connectivity index (χ4v) is 1.57. The number of ether oxygens (including phenoxy) is 3. The van der Waals surface area contributed by atoms with Gasteiger partial charge in [-0.15, -0.1) is 0 Å². The minimum absolute atomic E-state index is 0.0818. The van der Waals surface area contributed by atoms with E-state index in [9.17, 15) is 4.79 Å². The summed E-state index contributed by atoms with van der Waals surface area (Å²) in [6, 6.07) is 0. The second-order valence-corrected chi connectivity index (χ2v) is 3.85. The topological polar surface area (TPSA) is 56.8 Å². The highest BCUT2D eigenvalue weighted by molar-refractivity contribution is 5.77. The number of rotatable bonds is 8. The zero-order valence-electron chi connectivity index (χ0n) is 9.87. The lowest BCUT2D eigenvalue weighted by atomic mass is 10.2. The van der Waals surface area contributed by atoms with E-state index in [1.165, 1.54) is 7.11 Å². The van der Waals surface area contributed by atoms with E-state index in [-0.39, 0.29) is 18.6 Å². The SMILES string of the molecule is COCC(=O)NCCCOCC1CCCO1. The van der Waals surface area contributed by atoms with Crippen molar-refractivity contribution in [3.05, 3.63) is 0 Å². The molecule has 1 fully saturated rings. The average Bonchev–Trinajstić information content (AvgIpc) is 2.76. The summed E-state index contributed by atoms with van der Waals surface area (Å²) in [6.07, 6.45) is 3.34. The van der Waals surface area contributed by atoms with Gasteiger partial charge in [0.15, 0.2) is 0 Å². The Morgan fingerprint density at radius 3 is 3.12 bits per heavy atom. The summed E-state index contributed by atoms with van der Waals surface area (Å²) in [6.45, 7) is 2.95. The van der Waals surface area contributed by atoms with Crippen molar-refractivity contribution in [1.82, 2.24) is 5.32 Å². The molecule has 0 aromatic rings. The molecule has 5 heteroatoms. The Morgan fingerprint density at radius 1 is 1.56 bits per heavy atom. The normalized spacial score (nSPS) is 19.9. The Morgan fingerprint density at radius 2 is 2.44 bits per heavy atom. The summed E-state index contributed by atoms with van der Waals surface area (Å²) in [5, 5.41) is 2.74. The van der Waals surface area contributed by atoms with Gasteiger partial charge in [0.25, 0.3) is 0 Å². The number of methoxy groups -OCH3 is 1. The van der Waals surface area contributed by atoms with Crippen LogP contribution in [0.3, 0.4) is 0 Å². The van der Waals surface area contributed by atoms with Crippen molar-refractivity contribution in [3.8, 4) is 0 Å². The van der Waals surface area contributed by atoms with Crippen LogP contribution in [0.5, 0.6) is 0 Å². The molecular weight excluding hydrogens is 210 g/mol. The Bertz CT molecular complexity index is 192. The fraction of sp³-hybridized carbons (Fsp3) is 0.909. The zero-order chi connectivity index (χ0) is 11.6. The summed E-state index contributed by atoms with van der Waals surface area (Å²) in [4.78, 5) is 11.0. The molecule has 94 valence electrons. The molecule has 0 aromatic carbocycles. The van der Waals surface area contributed by atoms with Gasteiger partial charge in [0.05, 0.1) is 12.7 Å². The number of hydrogen-bond donors (Lipinski definition) is 1. The largest absolute Gasteiger partial charge is 0.379 e. The van der Waals surface area contributed by atoms with Crippen molar-refractivity contribution >= 4 is 5.91 Å². The van der Waals surface area contributed by atoms with Gasteiger partial charge in [-0.05, 0) is 19.3 Å². The van der Waals surface area contributed by atoms with Crippen LogP contribution in [0.2, 0.25) is 0 Å². The van der Waals surface area contributed by atoms with Gasteiger partial charge in [-0.2, -0.15) is 0 Å². The maximum Gasteiger partial charge on any atom is 0.245 e. The van der Waals surface area contributed by atoms with Crippen molar-refractivity contribution in [2.45, 2.75) is 25.4 Å². The molecule has 1 aliphatic rings. The number of amides is 1. The second kappa shape index (κ2) is 8.50. The molecule has 0 radical (unpaired) electrons. The standard InChI is InChI=1S/C11H21NO4/c1-14-9-11(13)12-5-3-6-15-8-10-4-2-7-16-10/h10H,2-9H2,1H3,(H,12,13). The first-order valence-corrected chi connectivity index (χ1v) is 5.78. The molecular formula is C11H21NO4. The maximum absolute atomic E-state index is 11.0. The third-order valence-electron chi connectivity index (χ3n) is 2.39. The highest BCUT2D eigenvalue weighted by Crippen LogP contribution is 2.11. The van der Waals surface area contributed by atoms with E-state index in [0.29, 0.717) is 19.8 Å². The predicted octanol–water partition coefficient (Wildman–Crippen LogP) is 0.335. The second-order valence-electron chi connectivity index (χ2n) is 3.85. The molecule has 1 unspecified atom stereocenters. The summed E-state index contributed by atoms with van der Waals surface area (Å²) in [5.74, 6) is -0.0818. The van der Waals surface area contributed by atoms with Crippen molar-refractivity contribution in [2.24, 2.45) is 0 Å². The Balaban J connectivity index is 1.82. The van der Waals surface area contributed by atoms with Gasteiger partial charge in [-0.3, -0.25) is 4.79 Å². The van der Waals surface area contributed by atoms with Crippen LogP contribution >= 0.6 is 0 Å². The molecule has 1 heterocycles. The van der Waals surface area contributed by atoms with Crippen LogP contribution in [0.15, 0.2) is 0 Å². The summed E-state index contributed by atoms with van der Waals surface area (Å²) >= 11 is 0. The van der Waals surface area contributed by atoms with Crippen LogP contribution in [-0.4, -0.2) is 52.1 Å². The lowest BCUT2D eigenvalue weighted by Gasteiger charge is -2.10. The van der Waals surface area contributed by atoms with Crippen molar-refractivity contribution in [2.75, 3.05) is 40.1 Å². The van der Waals surface area contributed by atoms with E-state index in [0.717, 1.165) is 25.9 Å². The van der Waals surface area contributed by atoms with Crippen LogP contribution in [-0.2, 0) is 19.0 Å². The highest BCUT2D eigenvalue weighted by Gasteiger charge is 2.14. The van der Waals surface area contributed by atoms with Crippen LogP contribution in [0.4, 0.5) is 0 Å². The van der Waals surface area contributed by atoms with Gasteiger partial charge in [0.2, 0.25) is 5.91 Å². The maximum atomic E-state index is 11.0. The van der Waals surface area contributed by atoms with Gasteiger partial charge in [0.1, 0.15) is 6.61 Å².